The summed E-state index contributed by atoms with van der Waals surface area (Å²) in [6, 6.07) is 17.3. The van der Waals surface area contributed by atoms with Crippen molar-refractivity contribution >= 4 is 29.5 Å². The summed E-state index contributed by atoms with van der Waals surface area (Å²) in [5.74, 6) is -0.653. The molecule has 2 aromatic carbocycles. The number of benzene rings is 2. The Bertz CT molecular complexity index is 835. The predicted molar refractivity (Wildman–Crippen MR) is 101 cm³/mol. The molecule has 0 atom stereocenters. The van der Waals surface area contributed by atoms with Crippen molar-refractivity contribution in [1.82, 2.24) is 10.8 Å². The topological polar surface area (TPSA) is 78.4 Å². The van der Waals surface area contributed by atoms with Gasteiger partial charge in [-0.2, -0.15) is 0 Å². The van der Waals surface area contributed by atoms with E-state index in [2.05, 4.69) is 5.32 Å². The first-order chi connectivity index (χ1) is 12.7. The van der Waals surface area contributed by atoms with Crippen molar-refractivity contribution < 1.29 is 14.8 Å². The molecule has 1 aliphatic rings. The third-order valence-corrected chi connectivity index (χ3v) is 4.03. The first-order valence-corrected chi connectivity index (χ1v) is 8.46. The van der Waals surface area contributed by atoms with Gasteiger partial charge in [0.05, 0.1) is 0 Å². The van der Waals surface area contributed by atoms with Gasteiger partial charge in [0.15, 0.2) is 0 Å². The first-order valence-electron chi connectivity index (χ1n) is 8.46. The van der Waals surface area contributed by atoms with Crippen LogP contribution >= 0.6 is 0 Å². The zero-order chi connectivity index (χ0) is 18.4. The molecular formula is C21H20N2O3. The number of hydrogen-bond donors (Lipinski definition) is 3. The van der Waals surface area contributed by atoms with Gasteiger partial charge in [0.2, 0.25) is 0 Å². The fraction of sp³-hybridized carbons (Fsp3) is 0.143. The Kier molecular flexibility index (Phi) is 5.61. The van der Waals surface area contributed by atoms with E-state index >= 15 is 0 Å². The van der Waals surface area contributed by atoms with Crippen LogP contribution in [0.15, 0.2) is 60.7 Å². The number of amides is 2. The van der Waals surface area contributed by atoms with Gasteiger partial charge in [-0.05, 0) is 41.7 Å². The van der Waals surface area contributed by atoms with E-state index < -0.39 is 5.91 Å². The lowest BCUT2D eigenvalue weighted by Gasteiger charge is -2.09. The van der Waals surface area contributed by atoms with Gasteiger partial charge in [0.1, 0.15) is 0 Å². The van der Waals surface area contributed by atoms with Gasteiger partial charge in [-0.1, -0.05) is 54.6 Å². The van der Waals surface area contributed by atoms with Crippen LogP contribution in [0.4, 0.5) is 0 Å². The van der Waals surface area contributed by atoms with Gasteiger partial charge >= 0.3 is 0 Å². The molecule has 5 nitrogen and oxygen atoms in total. The van der Waals surface area contributed by atoms with Crippen LogP contribution in [0.3, 0.4) is 0 Å². The maximum absolute atomic E-state index is 12.6. The highest BCUT2D eigenvalue weighted by Crippen LogP contribution is 2.23. The fourth-order valence-electron chi connectivity index (χ4n) is 2.47. The van der Waals surface area contributed by atoms with Crippen LogP contribution in [-0.4, -0.2) is 23.1 Å². The molecule has 26 heavy (non-hydrogen) atoms. The number of nitrogens with one attached hydrogen (secondary N) is 2. The molecular weight excluding hydrogens is 328 g/mol. The fourth-order valence-corrected chi connectivity index (χ4v) is 2.47. The zero-order valence-corrected chi connectivity index (χ0v) is 14.2. The van der Waals surface area contributed by atoms with E-state index in [0.717, 1.165) is 29.5 Å². The van der Waals surface area contributed by atoms with Crippen molar-refractivity contribution in [2.45, 2.75) is 18.9 Å². The molecule has 2 aromatic rings. The molecule has 0 spiro atoms. The lowest BCUT2D eigenvalue weighted by Crippen LogP contribution is -2.26. The number of carbonyl (C=O) groups is 2. The van der Waals surface area contributed by atoms with E-state index in [1.807, 2.05) is 60.7 Å². The predicted octanol–water partition coefficient (Wildman–Crippen LogP) is 3.02. The standard InChI is InChI=1S/C21H20N2O3/c24-20(23-26)13-10-15-6-8-16(9-7-15)14-19(17-4-2-1-3-5-17)21(25)22-18-11-12-18/h1-10,13-14,18,26H,11-12H2,(H,22,25)(H,23,24)/b13-10+,19-14-. The first kappa shape index (κ1) is 17.6. The summed E-state index contributed by atoms with van der Waals surface area (Å²) in [5.41, 5.74) is 4.74. The van der Waals surface area contributed by atoms with Crippen LogP contribution in [-0.2, 0) is 9.59 Å². The summed E-state index contributed by atoms with van der Waals surface area (Å²) in [7, 11) is 0. The molecule has 132 valence electrons. The Balaban J connectivity index is 1.83. The lowest BCUT2D eigenvalue weighted by molar-refractivity contribution is -0.124. The lowest BCUT2D eigenvalue weighted by atomic mass is 10.0. The van der Waals surface area contributed by atoms with Crippen LogP contribution in [0.5, 0.6) is 0 Å². The molecule has 0 bridgehead atoms. The quantitative estimate of drug-likeness (QED) is 0.325. The van der Waals surface area contributed by atoms with E-state index in [1.165, 1.54) is 6.08 Å². The van der Waals surface area contributed by atoms with Crippen LogP contribution in [0, 0.1) is 0 Å². The van der Waals surface area contributed by atoms with Crippen LogP contribution in [0.25, 0.3) is 17.7 Å². The van der Waals surface area contributed by atoms with Crippen molar-refractivity contribution in [3.05, 3.63) is 77.4 Å². The molecule has 1 fully saturated rings. The summed E-state index contributed by atoms with van der Waals surface area (Å²) in [6.07, 6.45) is 6.77. The largest absolute Gasteiger partial charge is 0.349 e. The summed E-state index contributed by atoms with van der Waals surface area (Å²) >= 11 is 0. The molecule has 5 heteroatoms. The molecule has 0 radical (unpaired) electrons. The Morgan fingerprint density at radius 3 is 2.23 bits per heavy atom. The van der Waals surface area contributed by atoms with Crippen molar-refractivity contribution in [1.29, 1.82) is 0 Å². The normalized spacial score (nSPS) is 14.3. The van der Waals surface area contributed by atoms with Crippen molar-refractivity contribution in [2.24, 2.45) is 0 Å². The van der Waals surface area contributed by atoms with Crippen molar-refractivity contribution in [2.75, 3.05) is 0 Å². The molecule has 0 heterocycles. The van der Waals surface area contributed by atoms with Crippen molar-refractivity contribution in [3.8, 4) is 0 Å². The molecule has 3 N–H and O–H groups in total. The van der Waals surface area contributed by atoms with Gasteiger partial charge in [-0.3, -0.25) is 14.8 Å². The molecule has 0 aromatic heterocycles. The summed E-state index contributed by atoms with van der Waals surface area (Å²) < 4.78 is 0. The smallest absolute Gasteiger partial charge is 0.267 e. The maximum atomic E-state index is 12.6. The Morgan fingerprint density at radius 2 is 1.62 bits per heavy atom. The zero-order valence-electron chi connectivity index (χ0n) is 14.2. The van der Waals surface area contributed by atoms with Gasteiger partial charge in [-0.25, -0.2) is 5.48 Å². The average Bonchev–Trinajstić information content (AvgIpc) is 3.49. The molecule has 1 saturated carbocycles. The Hall–Kier alpha value is -3.18. The monoisotopic (exact) mass is 348 g/mol. The maximum Gasteiger partial charge on any atom is 0.267 e. The number of hydroxylamine groups is 1. The third kappa shape index (κ3) is 4.91. The molecule has 0 saturated heterocycles. The van der Waals surface area contributed by atoms with E-state index in [9.17, 15) is 9.59 Å². The molecule has 1 aliphatic carbocycles. The molecule has 2 amide bonds. The summed E-state index contributed by atoms with van der Waals surface area (Å²) in [5, 5.41) is 11.5. The Morgan fingerprint density at radius 1 is 0.962 bits per heavy atom. The van der Waals surface area contributed by atoms with Gasteiger partial charge in [-0.15, -0.1) is 0 Å². The van der Waals surface area contributed by atoms with Gasteiger partial charge in [0.25, 0.3) is 11.8 Å². The minimum atomic E-state index is -0.586. The second-order valence-corrected chi connectivity index (χ2v) is 6.15. The van der Waals surface area contributed by atoms with Crippen LogP contribution in [0.1, 0.15) is 29.5 Å². The number of hydrogen-bond acceptors (Lipinski definition) is 3. The van der Waals surface area contributed by atoms with E-state index in [1.54, 1.807) is 11.6 Å². The Labute approximate surface area is 152 Å². The highest BCUT2D eigenvalue weighted by molar-refractivity contribution is 6.24. The highest BCUT2D eigenvalue weighted by Gasteiger charge is 2.25. The van der Waals surface area contributed by atoms with Crippen molar-refractivity contribution in [3.63, 3.8) is 0 Å². The average molecular weight is 348 g/mol. The van der Waals surface area contributed by atoms with E-state index in [-0.39, 0.29) is 5.91 Å². The van der Waals surface area contributed by atoms with Crippen LogP contribution in [0.2, 0.25) is 0 Å². The number of carbonyl (C=O) groups excluding carboxylic acids is 2. The highest BCUT2D eigenvalue weighted by atomic mass is 16.5. The number of rotatable bonds is 6. The summed E-state index contributed by atoms with van der Waals surface area (Å²) in [4.78, 5) is 23.6. The van der Waals surface area contributed by atoms with Crippen LogP contribution < -0.4 is 10.8 Å². The van der Waals surface area contributed by atoms with Gasteiger partial charge < -0.3 is 5.32 Å². The molecule has 3 rings (SSSR count). The minimum absolute atomic E-state index is 0.0673. The van der Waals surface area contributed by atoms with Gasteiger partial charge in [0, 0.05) is 17.7 Å². The van der Waals surface area contributed by atoms with E-state index in [4.69, 9.17) is 5.21 Å². The third-order valence-electron chi connectivity index (χ3n) is 4.03. The second-order valence-electron chi connectivity index (χ2n) is 6.15. The van der Waals surface area contributed by atoms with E-state index in [0.29, 0.717) is 11.6 Å². The summed E-state index contributed by atoms with van der Waals surface area (Å²) in [6.45, 7) is 0. The molecule has 0 aliphatic heterocycles. The second kappa shape index (κ2) is 8.27. The minimum Gasteiger partial charge on any atom is -0.349 e. The SMILES string of the molecule is O=C(/C=C/c1ccc(/C=C(\C(=O)NC2CC2)c2ccccc2)cc1)NO. The molecule has 0 unspecified atom stereocenters.